The number of hydrogen-bond acceptors (Lipinski definition) is 5. The molecule has 5 nitrogen and oxygen atoms in total. The van der Waals surface area contributed by atoms with Gasteiger partial charge >= 0.3 is 0 Å². The van der Waals surface area contributed by atoms with Crippen LogP contribution in [0.15, 0.2) is 24.3 Å². The van der Waals surface area contributed by atoms with Crippen LogP contribution in [0.2, 0.25) is 0 Å². The van der Waals surface area contributed by atoms with Crippen LogP contribution in [0.25, 0.3) is 10.9 Å². The number of anilines is 1. The molecule has 2 N–H and O–H groups in total. The fourth-order valence-corrected chi connectivity index (χ4v) is 2.62. The van der Waals surface area contributed by atoms with Gasteiger partial charge in [-0.1, -0.05) is 24.6 Å². The van der Waals surface area contributed by atoms with E-state index in [1.807, 2.05) is 24.3 Å². The van der Waals surface area contributed by atoms with E-state index in [4.69, 9.17) is 0 Å². The van der Waals surface area contributed by atoms with Crippen molar-refractivity contribution >= 4 is 16.6 Å². The zero-order valence-electron chi connectivity index (χ0n) is 11.3. The van der Waals surface area contributed by atoms with Crippen LogP contribution >= 0.6 is 0 Å². The van der Waals surface area contributed by atoms with E-state index in [2.05, 4.69) is 26.9 Å². The summed E-state index contributed by atoms with van der Waals surface area (Å²) in [7, 11) is 0. The maximum Gasteiger partial charge on any atom is 0.186 e. The molecule has 0 bridgehead atoms. The van der Waals surface area contributed by atoms with Crippen LogP contribution in [0.3, 0.4) is 0 Å². The first-order chi connectivity index (χ1) is 9.88. The van der Waals surface area contributed by atoms with Crippen LogP contribution in [0.5, 0.6) is 0 Å². The molecule has 0 saturated carbocycles. The van der Waals surface area contributed by atoms with Gasteiger partial charge in [0.05, 0.1) is 11.2 Å². The lowest BCUT2D eigenvalue weighted by Crippen LogP contribution is -2.31. The summed E-state index contributed by atoms with van der Waals surface area (Å²) in [6, 6.07) is 10.3. The first-order valence-electron chi connectivity index (χ1n) is 7.01. The van der Waals surface area contributed by atoms with E-state index in [9.17, 15) is 5.26 Å². The Bertz CT molecular complexity index is 638. The maximum atomic E-state index is 9.25. The third kappa shape index (κ3) is 2.56. The van der Waals surface area contributed by atoms with Crippen molar-refractivity contribution in [2.45, 2.75) is 25.3 Å². The van der Waals surface area contributed by atoms with Gasteiger partial charge in [0.25, 0.3) is 0 Å². The minimum Gasteiger partial charge on any atom is -0.378 e. The minimum atomic E-state index is 0.331. The highest BCUT2D eigenvalue weighted by atomic mass is 15.1. The lowest BCUT2D eigenvalue weighted by Gasteiger charge is -2.19. The number of nitrogens with zero attached hydrogens (tertiary/aromatic N) is 3. The van der Waals surface area contributed by atoms with E-state index in [-0.39, 0.29) is 0 Å². The molecule has 2 heterocycles. The van der Waals surface area contributed by atoms with E-state index in [1.54, 1.807) is 0 Å². The van der Waals surface area contributed by atoms with Crippen molar-refractivity contribution in [3.8, 4) is 6.07 Å². The van der Waals surface area contributed by atoms with Gasteiger partial charge in [0.2, 0.25) is 0 Å². The Morgan fingerprint density at radius 2 is 2.15 bits per heavy atom. The van der Waals surface area contributed by atoms with Crippen molar-refractivity contribution in [1.82, 2.24) is 15.5 Å². The van der Waals surface area contributed by atoms with Crippen LogP contribution in [0.4, 0.5) is 5.69 Å². The van der Waals surface area contributed by atoms with Gasteiger partial charge in [-0.2, -0.15) is 5.26 Å². The molecule has 1 aromatic heterocycles. The minimum absolute atomic E-state index is 0.331. The molecule has 3 rings (SSSR count). The number of nitrogens with one attached hydrogen (secondary N) is 2. The lowest BCUT2D eigenvalue weighted by atomic mass is 10.1. The Hall–Kier alpha value is -2.19. The number of nitriles is 1. The molecule has 1 saturated heterocycles. The van der Waals surface area contributed by atoms with Crippen molar-refractivity contribution in [2.75, 3.05) is 18.4 Å². The smallest absolute Gasteiger partial charge is 0.186 e. The molecule has 1 unspecified atom stereocenters. The predicted molar refractivity (Wildman–Crippen MR) is 78.4 cm³/mol. The van der Waals surface area contributed by atoms with Gasteiger partial charge in [0, 0.05) is 18.0 Å². The van der Waals surface area contributed by atoms with Gasteiger partial charge < -0.3 is 10.6 Å². The summed E-state index contributed by atoms with van der Waals surface area (Å²) in [6.07, 6.45) is 3.51. The molecular formula is C15H17N5. The van der Waals surface area contributed by atoms with Crippen LogP contribution in [-0.2, 0) is 0 Å². The Morgan fingerprint density at radius 1 is 1.25 bits per heavy atom. The van der Waals surface area contributed by atoms with Gasteiger partial charge in [-0.25, -0.2) is 0 Å². The van der Waals surface area contributed by atoms with Crippen LogP contribution in [-0.4, -0.2) is 29.3 Å². The monoisotopic (exact) mass is 267 g/mol. The largest absolute Gasteiger partial charge is 0.378 e. The molecule has 1 fully saturated rings. The highest BCUT2D eigenvalue weighted by Gasteiger charge is 2.16. The zero-order valence-corrected chi connectivity index (χ0v) is 11.3. The van der Waals surface area contributed by atoms with Crippen LogP contribution < -0.4 is 10.6 Å². The first-order valence-corrected chi connectivity index (χ1v) is 7.01. The highest BCUT2D eigenvalue weighted by molar-refractivity contribution is 5.92. The van der Waals surface area contributed by atoms with Gasteiger partial charge in [0.15, 0.2) is 5.69 Å². The summed E-state index contributed by atoms with van der Waals surface area (Å²) >= 11 is 0. The number of aromatic nitrogens is 2. The van der Waals surface area contributed by atoms with E-state index in [0.717, 1.165) is 36.1 Å². The number of rotatable bonds is 2. The Labute approximate surface area is 118 Å². The normalized spacial score (nSPS) is 19.2. The first kappa shape index (κ1) is 12.8. The molecule has 0 amide bonds. The third-order valence-corrected chi connectivity index (χ3v) is 3.67. The molecule has 1 aliphatic heterocycles. The molecule has 0 aliphatic carbocycles. The summed E-state index contributed by atoms with van der Waals surface area (Å²) in [5.74, 6) is 0. The lowest BCUT2D eigenvalue weighted by molar-refractivity contribution is 0.636. The molecule has 0 spiro atoms. The van der Waals surface area contributed by atoms with E-state index < -0.39 is 0 Å². The average Bonchev–Trinajstić information content (AvgIpc) is 2.76. The van der Waals surface area contributed by atoms with Gasteiger partial charge in [-0.15, -0.1) is 10.2 Å². The van der Waals surface area contributed by atoms with Crippen molar-refractivity contribution in [3.05, 3.63) is 30.0 Å². The number of benzene rings is 1. The van der Waals surface area contributed by atoms with Crippen molar-refractivity contribution < 1.29 is 0 Å². The van der Waals surface area contributed by atoms with E-state index in [0.29, 0.717) is 11.7 Å². The standard InChI is InChI=1S/C15H17N5/c16-9-14-15(18-11-5-3-4-8-17-10-11)12-6-1-2-7-13(12)19-20-14/h1-2,6-7,11,17H,3-5,8,10H2,(H,18,19). The second-order valence-corrected chi connectivity index (χ2v) is 5.09. The van der Waals surface area contributed by atoms with E-state index in [1.165, 1.54) is 12.8 Å². The summed E-state index contributed by atoms with van der Waals surface area (Å²) < 4.78 is 0. The van der Waals surface area contributed by atoms with Crippen LogP contribution in [0.1, 0.15) is 25.0 Å². The molecule has 1 atom stereocenters. The van der Waals surface area contributed by atoms with Crippen molar-refractivity contribution in [1.29, 1.82) is 5.26 Å². The van der Waals surface area contributed by atoms with E-state index >= 15 is 0 Å². The van der Waals surface area contributed by atoms with Crippen molar-refractivity contribution in [3.63, 3.8) is 0 Å². The quantitative estimate of drug-likeness (QED) is 0.871. The molecular weight excluding hydrogens is 250 g/mol. The molecule has 102 valence electrons. The van der Waals surface area contributed by atoms with Gasteiger partial charge in [-0.3, -0.25) is 0 Å². The summed E-state index contributed by atoms with van der Waals surface area (Å²) in [5.41, 5.74) is 2.00. The second kappa shape index (κ2) is 5.85. The highest BCUT2D eigenvalue weighted by Crippen LogP contribution is 2.25. The van der Waals surface area contributed by atoms with Crippen LogP contribution in [0, 0.1) is 11.3 Å². The maximum absolute atomic E-state index is 9.25. The molecule has 2 aromatic rings. The summed E-state index contributed by atoms with van der Waals surface area (Å²) in [5, 5.41) is 25.3. The SMILES string of the molecule is N#Cc1nnc2ccccc2c1NC1CCCCNC1. The Balaban J connectivity index is 1.98. The Morgan fingerprint density at radius 3 is 3.05 bits per heavy atom. The topological polar surface area (TPSA) is 73.6 Å². The molecule has 5 heteroatoms. The molecule has 20 heavy (non-hydrogen) atoms. The average molecular weight is 267 g/mol. The summed E-state index contributed by atoms with van der Waals surface area (Å²) in [4.78, 5) is 0. The predicted octanol–water partition coefficient (Wildman–Crippen LogP) is 2.06. The number of fused-ring (bicyclic) bond motifs is 1. The fraction of sp³-hybridized carbons (Fsp3) is 0.400. The molecule has 1 aliphatic rings. The molecule has 1 aromatic carbocycles. The molecule has 0 radical (unpaired) electrons. The second-order valence-electron chi connectivity index (χ2n) is 5.09. The number of hydrogen-bond donors (Lipinski definition) is 2. The van der Waals surface area contributed by atoms with Gasteiger partial charge in [0.1, 0.15) is 6.07 Å². The fourth-order valence-electron chi connectivity index (χ4n) is 2.62. The third-order valence-electron chi connectivity index (χ3n) is 3.67. The Kier molecular flexibility index (Phi) is 3.75. The zero-order chi connectivity index (χ0) is 13.8. The summed E-state index contributed by atoms with van der Waals surface area (Å²) in [6.45, 7) is 1.99. The van der Waals surface area contributed by atoms with Crippen molar-refractivity contribution in [2.24, 2.45) is 0 Å². The van der Waals surface area contributed by atoms with Gasteiger partial charge in [-0.05, 0) is 25.5 Å².